The van der Waals surface area contributed by atoms with Gasteiger partial charge < -0.3 is 10.5 Å². The third-order valence-corrected chi connectivity index (χ3v) is 2.71. The van der Waals surface area contributed by atoms with Crippen LogP contribution >= 0.6 is 0 Å². The lowest BCUT2D eigenvalue weighted by Gasteiger charge is -2.06. The van der Waals surface area contributed by atoms with Crippen molar-refractivity contribution in [3.63, 3.8) is 0 Å². The van der Waals surface area contributed by atoms with E-state index >= 15 is 0 Å². The first-order valence-corrected chi connectivity index (χ1v) is 6.55. The number of carbonyl (C=O) groups is 2. The number of nitrogens with zero attached hydrogens (tertiary/aromatic N) is 1. The first kappa shape index (κ1) is 15.2. The Balaban J connectivity index is 1.93. The average molecular weight is 297 g/mol. The van der Waals surface area contributed by atoms with E-state index in [1.54, 1.807) is 18.2 Å². The molecule has 6 nitrogen and oxygen atoms in total. The normalized spacial score (nSPS) is 10.4. The molecule has 0 aliphatic heterocycles. The smallest absolute Gasteiger partial charge is 0.329 e. The minimum absolute atomic E-state index is 0.458. The highest BCUT2D eigenvalue weighted by Crippen LogP contribution is 2.14. The van der Waals surface area contributed by atoms with Gasteiger partial charge in [0.2, 0.25) is 0 Å². The van der Waals surface area contributed by atoms with Crippen LogP contribution in [-0.2, 0) is 16.2 Å². The predicted molar refractivity (Wildman–Crippen MR) is 82.1 cm³/mol. The molecule has 2 aromatic rings. The zero-order chi connectivity index (χ0) is 15.8. The molecule has 0 aliphatic rings. The molecule has 2 aromatic carbocycles. The number of carbonyl (C=O) groups excluding carboxylic acids is 2. The van der Waals surface area contributed by atoms with E-state index in [-0.39, 0.29) is 0 Å². The van der Waals surface area contributed by atoms with Crippen LogP contribution < -0.4 is 15.9 Å². The molecule has 0 atom stereocenters. The average Bonchev–Trinajstić information content (AvgIpc) is 2.54. The molecule has 0 saturated carbocycles. The summed E-state index contributed by atoms with van der Waals surface area (Å²) >= 11 is 0. The second-order valence-corrected chi connectivity index (χ2v) is 4.41. The lowest BCUT2D eigenvalue weighted by molar-refractivity contribution is -0.137. The van der Waals surface area contributed by atoms with Gasteiger partial charge in [0, 0.05) is 0 Å². The van der Waals surface area contributed by atoms with Gasteiger partial charge >= 0.3 is 11.8 Å². The molecular weight excluding hydrogens is 282 g/mol. The largest absolute Gasteiger partial charge is 0.489 e. The van der Waals surface area contributed by atoms with Gasteiger partial charge in [-0.3, -0.25) is 9.59 Å². The van der Waals surface area contributed by atoms with E-state index in [0.29, 0.717) is 12.4 Å². The molecule has 0 heterocycles. The van der Waals surface area contributed by atoms with E-state index in [1.807, 2.05) is 41.8 Å². The van der Waals surface area contributed by atoms with Crippen molar-refractivity contribution in [2.75, 3.05) is 0 Å². The van der Waals surface area contributed by atoms with Crippen LogP contribution in [0.5, 0.6) is 5.75 Å². The fourth-order valence-corrected chi connectivity index (χ4v) is 1.65. The zero-order valence-corrected chi connectivity index (χ0v) is 11.7. The van der Waals surface area contributed by atoms with Crippen molar-refractivity contribution in [2.45, 2.75) is 6.61 Å². The van der Waals surface area contributed by atoms with Crippen molar-refractivity contribution >= 4 is 18.0 Å². The first-order chi connectivity index (χ1) is 10.6. The number of primary amides is 1. The summed E-state index contributed by atoms with van der Waals surface area (Å²) in [6.45, 7) is 0.458. The second-order valence-electron chi connectivity index (χ2n) is 4.41. The Bertz CT molecular complexity index is 684. The number of hydrazone groups is 1. The SMILES string of the molecule is NC(=O)C(=O)NN=Cc1cccc(OCc2ccccc2)c1. The van der Waals surface area contributed by atoms with Gasteiger partial charge in [0.05, 0.1) is 6.21 Å². The summed E-state index contributed by atoms with van der Waals surface area (Å²) in [5.74, 6) is -1.38. The standard InChI is InChI=1S/C16H15N3O3/c17-15(20)16(21)19-18-10-13-7-4-8-14(9-13)22-11-12-5-2-1-3-6-12/h1-10H,11H2,(H2,17,20)(H,19,21). The quantitative estimate of drug-likeness (QED) is 0.493. The van der Waals surface area contributed by atoms with Crippen molar-refractivity contribution in [1.29, 1.82) is 0 Å². The molecule has 0 aliphatic carbocycles. The van der Waals surface area contributed by atoms with Crippen molar-refractivity contribution < 1.29 is 14.3 Å². The Hall–Kier alpha value is -3.15. The van der Waals surface area contributed by atoms with Crippen molar-refractivity contribution in [3.05, 3.63) is 65.7 Å². The molecule has 0 radical (unpaired) electrons. The first-order valence-electron chi connectivity index (χ1n) is 6.55. The molecule has 22 heavy (non-hydrogen) atoms. The maximum atomic E-state index is 10.9. The van der Waals surface area contributed by atoms with E-state index in [4.69, 9.17) is 10.5 Å². The molecule has 112 valence electrons. The van der Waals surface area contributed by atoms with Crippen molar-refractivity contribution in [1.82, 2.24) is 5.43 Å². The second kappa shape index (κ2) is 7.58. The lowest BCUT2D eigenvalue weighted by atomic mass is 10.2. The molecule has 2 amide bonds. The number of benzene rings is 2. The Morgan fingerprint density at radius 1 is 1.14 bits per heavy atom. The summed E-state index contributed by atoms with van der Waals surface area (Å²) in [6, 6.07) is 17.0. The maximum Gasteiger partial charge on any atom is 0.329 e. The number of nitrogens with two attached hydrogens (primary N) is 1. The van der Waals surface area contributed by atoms with Gasteiger partial charge in [-0.15, -0.1) is 0 Å². The molecule has 0 unspecified atom stereocenters. The Morgan fingerprint density at radius 3 is 2.64 bits per heavy atom. The fourth-order valence-electron chi connectivity index (χ4n) is 1.65. The Morgan fingerprint density at radius 2 is 1.91 bits per heavy atom. The molecule has 3 N–H and O–H groups in total. The topological polar surface area (TPSA) is 93.8 Å². The monoisotopic (exact) mass is 297 g/mol. The van der Waals surface area contributed by atoms with Crippen LogP contribution in [0, 0.1) is 0 Å². The zero-order valence-electron chi connectivity index (χ0n) is 11.7. The van der Waals surface area contributed by atoms with Crippen LogP contribution in [0.2, 0.25) is 0 Å². The van der Waals surface area contributed by atoms with E-state index in [1.165, 1.54) is 6.21 Å². The number of hydrogen-bond acceptors (Lipinski definition) is 4. The van der Waals surface area contributed by atoms with Crippen LogP contribution in [0.1, 0.15) is 11.1 Å². The summed E-state index contributed by atoms with van der Waals surface area (Å²) < 4.78 is 5.68. The molecular formula is C16H15N3O3. The van der Waals surface area contributed by atoms with Gasteiger partial charge in [-0.1, -0.05) is 42.5 Å². The van der Waals surface area contributed by atoms with Gasteiger partial charge in [-0.25, -0.2) is 5.43 Å². The van der Waals surface area contributed by atoms with E-state index in [9.17, 15) is 9.59 Å². The summed E-state index contributed by atoms with van der Waals surface area (Å²) in [7, 11) is 0. The number of hydrogen-bond donors (Lipinski definition) is 2. The van der Waals surface area contributed by atoms with Gasteiger partial charge in [-0.05, 0) is 23.3 Å². The predicted octanol–water partition coefficient (Wildman–Crippen LogP) is 1.20. The third-order valence-electron chi connectivity index (χ3n) is 2.71. The Labute approximate surface area is 127 Å². The molecule has 0 bridgehead atoms. The molecule has 0 spiro atoms. The van der Waals surface area contributed by atoms with Crippen molar-refractivity contribution in [2.24, 2.45) is 10.8 Å². The van der Waals surface area contributed by atoms with Gasteiger partial charge in [0.1, 0.15) is 12.4 Å². The number of amides is 2. The van der Waals surface area contributed by atoms with Crippen LogP contribution in [0.15, 0.2) is 59.7 Å². The van der Waals surface area contributed by atoms with Crippen LogP contribution in [0.25, 0.3) is 0 Å². The highest BCUT2D eigenvalue weighted by atomic mass is 16.5. The third kappa shape index (κ3) is 4.75. The molecule has 2 rings (SSSR count). The lowest BCUT2D eigenvalue weighted by Crippen LogP contribution is -2.32. The molecule has 0 fully saturated rings. The van der Waals surface area contributed by atoms with Gasteiger partial charge in [0.15, 0.2) is 0 Å². The summed E-state index contributed by atoms with van der Waals surface area (Å²) in [6.07, 6.45) is 1.40. The molecule has 0 saturated heterocycles. The van der Waals surface area contributed by atoms with Crippen LogP contribution in [0.4, 0.5) is 0 Å². The minimum atomic E-state index is -1.09. The van der Waals surface area contributed by atoms with E-state index in [0.717, 1.165) is 11.1 Å². The van der Waals surface area contributed by atoms with Crippen molar-refractivity contribution in [3.8, 4) is 5.75 Å². The summed E-state index contributed by atoms with van der Waals surface area (Å²) in [4.78, 5) is 21.5. The molecule has 0 aromatic heterocycles. The van der Waals surface area contributed by atoms with Gasteiger partial charge in [0.25, 0.3) is 0 Å². The highest BCUT2D eigenvalue weighted by molar-refractivity contribution is 6.34. The van der Waals surface area contributed by atoms with Crippen LogP contribution in [0.3, 0.4) is 0 Å². The number of rotatable bonds is 5. The van der Waals surface area contributed by atoms with Gasteiger partial charge in [-0.2, -0.15) is 5.10 Å². The molecule has 6 heteroatoms. The summed E-state index contributed by atoms with van der Waals surface area (Å²) in [5.41, 5.74) is 8.60. The summed E-state index contributed by atoms with van der Waals surface area (Å²) in [5, 5.41) is 3.64. The maximum absolute atomic E-state index is 10.9. The van der Waals surface area contributed by atoms with E-state index < -0.39 is 11.8 Å². The minimum Gasteiger partial charge on any atom is -0.489 e. The number of ether oxygens (including phenoxy) is 1. The van der Waals surface area contributed by atoms with Crippen LogP contribution in [-0.4, -0.2) is 18.0 Å². The fraction of sp³-hybridized carbons (Fsp3) is 0.0625. The van der Waals surface area contributed by atoms with E-state index in [2.05, 4.69) is 5.10 Å². The number of nitrogens with one attached hydrogen (secondary N) is 1. The Kier molecular flexibility index (Phi) is 5.25. The highest BCUT2D eigenvalue weighted by Gasteiger charge is 2.05.